The first-order valence-corrected chi connectivity index (χ1v) is 10.1. The van der Waals surface area contributed by atoms with E-state index in [9.17, 15) is 4.79 Å². The van der Waals surface area contributed by atoms with Gasteiger partial charge in [0.15, 0.2) is 11.5 Å². The molecule has 2 N–H and O–H groups in total. The van der Waals surface area contributed by atoms with Crippen molar-refractivity contribution in [3.63, 3.8) is 0 Å². The molecule has 162 valence electrons. The molecule has 1 saturated heterocycles. The van der Waals surface area contributed by atoms with Gasteiger partial charge < -0.3 is 29.6 Å². The predicted molar refractivity (Wildman–Crippen MR) is 115 cm³/mol. The third-order valence-electron chi connectivity index (χ3n) is 5.40. The molecule has 2 aromatic carbocycles. The van der Waals surface area contributed by atoms with Gasteiger partial charge in [-0.05, 0) is 50.4 Å². The molecule has 1 amide bonds. The molecule has 30 heavy (non-hydrogen) atoms. The lowest BCUT2D eigenvalue weighted by molar-refractivity contribution is 0.0743. The molecule has 1 fully saturated rings. The van der Waals surface area contributed by atoms with Gasteiger partial charge in [0.25, 0.3) is 5.91 Å². The number of likely N-dealkylation sites (tertiary alicyclic amines) is 1. The van der Waals surface area contributed by atoms with E-state index in [1.54, 1.807) is 6.07 Å². The molecule has 0 aliphatic carbocycles. The van der Waals surface area contributed by atoms with Crippen molar-refractivity contribution >= 4 is 5.91 Å². The minimum atomic E-state index is -0.110. The second kappa shape index (κ2) is 9.71. The van der Waals surface area contributed by atoms with E-state index < -0.39 is 0 Å². The monoisotopic (exact) mass is 414 g/mol. The highest BCUT2D eigenvalue weighted by Gasteiger charge is 2.32. The quantitative estimate of drug-likeness (QED) is 0.710. The lowest BCUT2D eigenvalue weighted by atomic mass is 10.1. The minimum absolute atomic E-state index is 0.110. The Morgan fingerprint density at radius 1 is 1.07 bits per heavy atom. The maximum Gasteiger partial charge on any atom is 0.258 e. The summed E-state index contributed by atoms with van der Waals surface area (Å²) in [4.78, 5) is 15.2. The van der Waals surface area contributed by atoms with Crippen molar-refractivity contribution < 1.29 is 23.7 Å². The van der Waals surface area contributed by atoms with Crippen LogP contribution in [0.1, 0.15) is 35.7 Å². The molecular weight excluding hydrogens is 384 g/mol. The molecule has 1 aliphatic rings. The molecule has 0 radical (unpaired) electrons. The van der Waals surface area contributed by atoms with E-state index in [-0.39, 0.29) is 11.9 Å². The Morgan fingerprint density at radius 3 is 2.27 bits per heavy atom. The van der Waals surface area contributed by atoms with Crippen molar-refractivity contribution in [1.29, 1.82) is 0 Å². The topological polar surface area (TPSA) is 83.3 Å². The van der Waals surface area contributed by atoms with Crippen LogP contribution in [0.15, 0.2) is 30.3 Å². The number of hydrogen-bond acceptors (Lipinski definition) is 6. The predicted octanol–water partition coefficient (Wildman–Crippen LogP) is 3.63. The molecule has 0 saturated carbocycles. The van der Waals surface area contributed by atoms with Gasteiger partial charge in [-0.3, -0.25) is 4.79 Å². The highest BCUT2D eigenvalue weighted by atomic mass is 16.5. The van der Waals surface area contributed by atoms with E-state index in [2.05, 4.69) is 6.92 Å². The van der Waals surface area contributed by atoms with E-state index in [0.717, 1.165) is 31.4 Å². The Hall–Kier alpha value is -2.93. The Morgan fingerprint density at radius 2 is 1.73 bits per heavy atom. The number of rotatable bonds is 8. The zero-order valence-electron chi connectivity index (χ0n) is 18.1. The van der Waals surface area contributed by atoms with Gasteiger partial charge in [0.1, 0.15) is 5.75 Å². The van der Waals surface area contributed by atoms with Gasteiger partial charge in [-0.25, -0.2) is 0 Å². The van der Waals surface area contributed by atoms with Gasteiger partial charge in [0.05, 0.1) is 26.9 Å². The van der Waals surface area contributed by atoms with Crippen LogP contribution >= 0.6 is 0 Å². The minimum Gasteiger partial charge on any atom is -0.492 e. The average molecular weight is 415 g/mol. The van der Waals surface area contributed by atoms with Crippen LogP contribution in [0.2, 0.25) is 0 Å². The number of carbonyl (C=O) groups excluding carboxylic acids is 1. The Labute approximate surface area is 177 Å². The summed E-state index contributed by atoms with van der Waals surface area (Å²) in [5.74, 6) is 1.93. The van der Waals surface area contributed by atoms with E-state index >= 15 is 0 Å². The summed E-state index contributed by atoms with van der Waals surface area (Å²) in [6.45, 7) is 3.36. The fourth-order valence-electron chi connectivity index (χ4n) is 3.82. The maximum atomic E-state index is 13.3. The zero-order valence-corrected chi connectivity index (χ0v) is 18.1. The Balaban J connectivity index is 2.04. The highest BCUT2D eigenvalue weighted by Crippen LogP contribution is 2.48. The number of benzene rings is 2. The molecule has 1 unspecified atom stereocenters. The first kappa shape index (κ1) is 21.8. The van der Waals surface area contributed by atoms with Crippen LogP contribution in [-0.2, 0) is 6.42 Å². The summed E-state index contributed by atoms with van der Waals surface area (Å²) < 4.78 is 22.8. The first-order valence-electron chi connectivity index (χ1n) is 10.1. The number of nitrogens with two attached hydrogens (primary N) is 1. The van der Waals surface area contributed by atoms with Crippen molar-refractivity contribution in [2.45, 2.75) is 32.2 Å². The average Bonchev–Trinajstić information content (AvgIpc) is 3.19. The summed E-state index contributed by atoms with van der Waals surface area (Å²) in [6, 6.07) is 9.51. The van der Waals surface area contributed by atoms with Crippen molar-refractivity contribution in [3.8, 4) is 28.7 Å². The molecular formula is C23H30N2O5. The molecule has 1 aliphatic heterocycles. The second-order valence-corrected chi connectivity index (χ2v) is 7.30. The molecule has 3 rings (SSSR count). The van der Waals surface area contributed by atoms with Crippen LogP contribution < -0.4 is 24.7 Å². The third kappa shape index (κ3) is 4.31. The number of carbonyl (C=O) groups is 1. The second-order valence-electron chi connectivity index (χ2n) is 7.30. The van der Waals surface area contributed by atoms with Gasteiger partial charge in [-0.2, -0.15) is 0 Å². The normalized spacial score (nSPS) is 15.8. The van der Waals surface area contributed by atoms with Crippen molar-refractivity contribution in [3.05, 3.63) is 41.5 Å². The molecule has 0 aromatic heterocycles. The van der Waals surface area contributed by atoms with Crippen molar-refractivity contribution in [2.24, 2.45) is 5.73 Å². The van der Waals surface area contributed by atoms with Crippen LogP contribution in [0, 0.1) is 0 Å². The zero-order chi connectivity index (χ0) is 21.7. The van der Waals surface area contributed by atoms with Gasteiger partial charge in [0.2, 0.25) is 11.5 Å². The molecule has 7 nitrogen and oxygen atoms in total. The fourth-order valence-corrected chi connectivity index (χ4v) is 3.82. The Bertz CT molecular complexity index is 882. The number of ether oxygens (including phenoxy) is 4. The standard InChI is InChI=1S/C23H30N2O5/c1-15-6-5-13-25(15)23(26)18-14-19(21(28-3)22(29-4)20(18)27-2)30-17-9-7-16(8-10-17)11-12-24/h7-10,14-15H,5-6,11-13,24H2,1-4H3. The van der Waals surface area contributed by atoms with Gasteiger partial charge in [-0.1, -0.05) is 12.1 Å². The maximum absolute atomic E-state index is 13.3. The highest BCUT2D eigenvalue weighted by molar-refractivity contribution is 5.99. The molecule has 0 bridgehead atoms. The summed E-state index contributed by atoms with van der Waals surface area (Å²) in [5.41, 5.74) is 7.13. The molecule has 7 heteroatoms. The lowest BCUT2D eigenvalue weighted by Gasteiger charge is -2.24. The van der Waals surface area contributed by atoms with Crippen LogP contribution in [-0.4, -0.2) is 51.3 Å². The molecule has 0 spiro atoms. The van der Waals surface area contributed by atoms with Crippen LogP contribution in [0.25, 0.3) is 0 Å². The van der Waals surface area contributed by atoms with Crippen LogP contribution in [0.5, 0.6) is 28.7 Å². The van der Waals surface area contributed by atoms with E-state index in [4.69, 9.17) is 24.7 Å². The van der Waals surface area contributed by atoms with Crippen molar-refractivity contribution in [1.82, 2.24) is 4.90 Å². The first-order chi connectivity index (χ1) is 14.5. The molecule has 2 aromatic rings. The summed E-state index contributed by atoms with van der Waals surface area (Å²) in [5, 5.41) is 0. The Kier molecular flexibility index (Phi) is 7.05. The van der Waals surface area contributed by atoms with Crippen LogP contribution in [0.3, 0.4) is 0 Å². The summed E-state index contributed by atoms with van der Waals surface area (Å²) >= 11 is 0. The molecule has 1 atom stereocenters. The van der Waals surface area contributed by atoms with Crippen molar-refractivity contribution in [2.75, 3.05) is 34.4 Å². The van der Waals surface area contributed by atoms with E-state index in [0.29, 0.717) is 40.9 Å². The van der Waals surface area contributed by atoms with E-state index in [1.165, 1.54) is 21.3 Å². The summed E-state index contributed by atoms with van der Waals surface area (Å²) in [6.07, 6.45) is 2.77. The summed E-state index contributed by atoms with van der Waals surface area (Å²) in [7, 11) is 4.55. The lowest BCUT2D eigenvalue weighted by Crippen LogP contribution is -2.33. The number of hydrogen-bond donors (Lipinski definition) is 1. The van der Waals surface area contributed by atoms with Gasteiger partial charge in [-0.15, -0.1) is 0 Å². The molecule has 1 heterocycles. The largest absolute Gasteiger partial charge is 0.492 e. The number of nitrogens with zero attached hydrogens (tertiary/aromatic N) is 1. The number of amides is 1. The van der Waals surface area contributed by atoms with Gasteiger partial charge in [0, 0.05) is 18.7 Å². The fraction of sp³-hybridized carbons (Fsp3) is 0.435. The van der Waals surface area contributed by atoms with Gasteiger partial charge >= 0.3 is 0 Å². The number of methoxy groups -OCH3 is 3. The van der Waals surface area contributed by atoms with Crippen LogP contribution in [0.4, 0.5) is 0 Å². The SMILES string of the molecule is COc1c(Oc2ccc(CCN)cc2)cc(C(=O)N2CCCC2C)c(OC)c1OC. The van der Waals surface area contributed by atoms with E-state index in [1.807, 2.05) is 29.2 Å². The third-order valence-corrected chi connectivity index (χ3v) is 5.40. The smallest absolute Gasteiger partial charge is 0.258 e.